The molecule has 0 aliphatic rings. The van der Waals surface area contributed by atoms with Crippen molar-refractivity contribution in [3.8, 4) is 0 Å². The Bertz CT molecular complexity index is 512. The van der Waals surface area contributed by atoms with E-state index in [4.69, 9.17) is 20.4 Å². The molecule has 0 saturated heterocycles. The van der Waals surface area contributed by atoms with Crippen LogP contribution in [0.3, 0.4) is 0 Å². The maximum Gasteiger partial charge on any atom is 0.317 e. The van der Waals surface area contributed by atoms with Crippen LogP contribution in [0.25, 0.3) is 0 Å². The zero-order valence-electron chi connectivity index (χ0n) is 17.7. The molecule has 0 rings (SSSR count). The van der Waals surface area contributed by atoms with Crippen molar-refractivity contribution in [2.75, 3.05) is 78.5 Å². The van der Waals surface area contributed by atoms with Gasteiger partial charge in [0.25, 0.3) is 0 Å². The molecular formula is C18H34N4O8. The number of carboxylic acid groups (broad SMARTS) is 4. The minimum atomic E-state index is -1.03. The average molecular weight is 434 g/mol. The summed E-state index contributed by atoms with van der Waals surface area (Å²) in [4.78, 5) is 50.7. The molecule has 0 aromatic rings. The lowest BCUT2D eigenvalue weighted by atomic mass is 10.3. The van der Waals surface area contributed by atoms with E-state index >= 15 is 0 Å². The summed E-state index contributed by atoms with van der Waals surface area (Å²) in [6, 6.07) is 0. The third kappa shape index (κ3) is 14.7. The summed E-state index contributed by atoms with van der Waals surface area (Å²) in [5.74, 6) is -3.98. The number of hydrogen-bond acceptors (Lipinski definition) is 8. The number of carbonyl (C=O) groups is 4. The van der Waals surface area contributed by atoms with Crippen molar-refractivity contribution in [1.29, 1.82) is 0 Å². The predicted octanol–water partition coefficient (Wildman–Crippen LogP) is -1.43. The number of rotatable bonds is 19. The Labute approximate surface area is 176 Å². The Kier molecular flexibility index (Phi) is 14.4. The maximum atomic E-state index is 11.2. The monoisotopic (exact) mass is 434 g/mol. The lowest BCUT2D eigenvalue weighted by Gasteiger charge is -2.29. The van der Waals surface area contributed by atoms with Gasteiger partial charge in [-0.2, -0.15) is 0 Å². The number of carboxylic acids is 4. The Hall–Kier alpha value is -2.28. The fraction of sp³-hybridized carbons (Fsp3) is 0.778. The molecule has 0 aromatic carbocycles. The first-order chi connectivity index (χ1) is 14.1. The summed E-state index contributed by atoms with van der Waals surface area (Å²) >= 11 is 0. The van der Waals surface area contributed by atoms with Gasteiger partial charge >= 0.3 is 23.9 Å². The van der Waals surface area contributed by atoms with Gasteiger partial charge in [0, 0.05) is 39.3 Å². The van der Waals surface area contributed by atoms with E-state index in [-0.39, 0.29) is 39.3 Å². The van der Waals surface area contributed by atoms with Crippen LogP contribution < -0.4 is 0 Å². The first-order valence-electron chi connectivity index (χ1n) is 9.83. The molecule has 0 atom stereocenters. The Morgan fingerprint density at radius 2 is 0.667 bits per heavy atom. The van der Waals surface area contributed by atoms with Crippen molar-refractivity contribution in [2.24, 2.45) is 0 Å². The molecule has 0 aliphatic heterocycles. The normalized spacial score (nSPS) is 11.5. The Balaban J connectivity index is 4.85. The van der Waals surface area contributed by atoms with Gasteiger partial charge in [-0.05, 0) is 13.1 Å². The molecule has 30 heavy (non-hydrogen) atoms. The van der Waals surface area contributed by atoms with E-state index in [0.717, 1.165) is 0 Å². The van der Waals surface area contributed by atoms with Gasteiger partial charge in [0.05, 0.1) is 26.2 Å². The van der Waals surface area contributed by atoms with Crippen LogP contribution in [-0.2, 0) is 19.2 Å². The summed E-state index contributed by atoms with van der Waals surface area (Å²) in [6.07, 6.45) is 0. The van der Waals surface area contributed by atoms with Crippen LogP contribution in [0.4, 0.5) is 0 Å². The van der Waals surface area contributed by atoms with Crippen LogP contribution in [0.15, 0.2) is 0 Å². The minimum Gasteiger partial charge on any atom is -0.480 e. The van der Waals surface area contributed by atoms with Gasteiger partial charge in [0.2, 0.25) is 0 Å². The molecule has 0 aliphatic carbocycles. The molecule has 0 unspecified atom stereocenters. The predicted molar refractivity (Wildman–Crippen MR) is 108 cm³/mol. The van der Waals surface area contributed by atoms with Gasteiger partial charge in [0.1, 0.15) is 0 Å². The molecular weight excluding hydrogens is 400 g/mol. The summed E-state index contributed by atoms with van der Waals surface area (Å²) in [5, 5.41) is 36.1. The number of likely N-dealkylation sites (N-methyl/N-ethyl adjacent to an activating group) is 2. The second-order valence-electron chi connectivity index (χ2n) is 6.86. The molecule has 0 saturated carbocycles. The standard InChI is InChI=1S/C18H34N4O8/c1-3-19(11-15(23)24)5-7-21(13-17(27)28)9-10-22(14-18(29)30)8-6-20(4-2)12-16(25)26/h3-14H2,1-2H3,(H,23,24)(H,25,26)(H,27,28)(H,29,30). The molecule has 0 spiro atoms. The van der Waals surface area contributed by atoms with Crippen molar-refractivity contribution < 1.29 is 39.6 Å². The van der Waals surface area contributed by atoms with E-state index in [9.17, 15) is 19.2 Å². The van der Waals surface area contributed by atoms with Crippen molar-refractivity contribution in [1.82, 2.24) is 19.6 Å². The fourth-order valence-electron chi connectivity index (χ4n) is 2.85. The van der Waals surface area contributed by atoms with Crippen LogP contribution in [0, 0.1) is 0 Å². The molecule has 12 heteroatoms. The average Bonchev–Trinajstić information content (AvgIpc) is 2.63. The summed E-state index contributed by atoms with van der Waals surface area (Å²) in [6.45, 7) is 5.85. The summed E-state index contributed by atoms with van der Waals surface area (Å²) < 4.78 is 0. The lowest BCUT2D eigenvalue weighted by molar-refractivity contribution is -0.140. The van der Waals surface area contributed by atoms with E-state index in [1.165, 1.54) is 0 Å². The molecule has 0 fully saturated rings. The maximum absolute atomic E-state index is 11.2. The quantitative estimate of drug-likeness (QED) is 0.188. The Morgan fingerprint density at radius 3 is 0.867 bits per heavy atom. The van der Waals surface area contributed by atoms with E-state index in [1.54, 1.807) is 19.6 Å². The molecule has 0 radical (unpaired) electrons. The van der Waals surface area contributed by atoms with E-state index in [1.807, 2.05) is 13.8 Å². The van der Waals surface area contributed by atoms with Crippen LogP contribution >= 0.6 is 0 Å². The third-order valence-electron chi connectivity index (χ3n) is 4.53. The molecule has 174 valence electrons. The van der Waals surface area contributed by atoms with Crippen molar-refractivity contribution >= 4 is 23.9 Å². The molecule has 12 nitrogen and oxygen atoms in total. The second-order valence-corrected chi connectivity index (χ2v) is 6.86. The van der Waals surface area contributed by atoms with Gasteiger partial charge < -0.3 is 20.4 Å². The lowest BCUT2D eigenvalue weighted by Crippen LogP contribution is -2.45. The van der Waals surface area contributed by atoms with Crippen LogP contribution in [0.5, 0.6) is 0 Å². The van der Waals surface area contributed by atoms with E-state index in [2.05, 4.69) is 0 Å². The highest BCUT2D eigenvalue weighted by atomic mass is 16.4. The topological polar surface area (TPSA) is 162 Å². The third-order valence-corrected chi connectivity index (χ3v) is 4.53. The highest BCUT2D eigenvalue weighted by molar-refractivity contribution is 5.70. The molecule has 0 bridgehead atoms. The van der Waals surface area contributed by atoms with Crippen LogP contribution in [0.2, 0.25) is 0 Å². The second kappa shape index (κ2) is 15.5. The van der Waals surface area contributed by atoms with Gasteiger partial charge in [-0.15, -0.1) is 0 Å². The zero-order valence-corrected chi connectivity index (χ0v) is 17.7. The summed E-state index contributed by atoms with van der Waals surface area (Å²) in [5.41, 5.74) is 0. The number of nitrogens with zero attached hydrogens (tertiary/aromatic N) is 4. The SMILES string of the molecule is CCN(CCN(CCN(CCN(CC)CC(=O)O)CC(=O)O)CC(=O)O)CC(=O)O. The van der Waals surface area contributed by atoms with Crippen molar-refractivity contribution in [3.05, 3.63) is 0 Å². The van der Waals surface area contributed by atoms with Gasteiger partial charge in [0.15, 0.2) is 0 Å². The first kappa shape index (κ1) is 27.7. The van der Waals surface area contributed by atoms with E-state index in [0.29, 0.717) is 39.3 Å². The van der Waals surface area contributed by atoms with Crippen molar-refractivity contribution in [3.63, 3.8) is 0 Å². The van der Waals surface area contributed by atoms with Gasteiger partial charge in [-0.1, -0.05) is 13.8 Å². The Morgan fingerprint density at radius 1 is 0.467 bits per heavy atom. The first-order valence-corrected chi connectivity index (χ1v) is 9.83. The highest BCUT2D eigenvalue weighted by Crippen LogP contribution is 1.98. The molecule has 0 aromatic heterocycles. The number of aliphatic carboxylic acids is 4. The molecule has 0 amide bonds. The fourth-order valence-corrected chi connectivity index (χ4v) is 2.85. The van der Waals surface area contributed by atoms with Crippen LogP contribution in [0.1, 0.15) is 13.8 Å². The van der Waals surface area contributed by atoms with Crippen molar-refractivity contribution in [2.45, 2.75) is 13.8 Å². The summed E-state index contributed by atoms with van der Waals surface area (Å²) in [7, 11) is 0. The number of hydrogen-bond donors (Lipinski definition) is 4. The highest BCUT2D eigenvalue weighted by Gasteiger charge is 2.17. The van der Waals surface area contributed by atoms with Crippen LogP contribution in [-0.4, -0.2) is 142 Å². The van der Waals surface area contributed by atoms with E-state index < -0.39 is 23.9 Å². The molecule has 0 heterocycles. The minimum absolute atomic E-state index is 0.140. The molecule has 4 N–H and O–H groups in total. The largest absolute Gasteiger partial charge is 0.480 e. The van der Waals surface area contributed by atoms with Gasteiger partial charge in [-0.25, -0.2) is 0 Å². The zero-order chi connectivity index (χ0) is 23.1. The van der Waals surface area contributed by atoms with Gasteiger partial charge in [-0.3, -0.25) is 38.8 Å². The smallest absolute Gasteiger partial charge is 0.317 e.